The summed E-state index contributed by atoms with van der Waals surface area (Å²) in [5.41, 5.74) is 1.73. The van der Waals surface area contributed by atoms with Gasteiger partial charge in [-0.2, -0.15) is 0 Å². The van der Waals surface area contributed by atoms with E-state index >= 15 is 0 Å². The van der Waals surface area contributed by atoms with Gasteiger partial charge in [-0.05, 0) is 67.9 Å². The molecule has 0 bridgehead atoms. The lowest BCUT2D eigenvalue weighted by Gasteiger charge is -2.17. The molecule has 7 heteroatoms. The summed E-state index contributed by atoms with van der Waals surface area (Å²) < 4.78 is 22.0. The zero-order valence-corrected chi connectivity index (χ0v) is 18.1. The van der Waals surface area contributed by atoms with Crippen LogP contribution in [0.15, 0.2) is 52.9 Å². The maximum absolute atomic E-state index is 12.6. The fraction of sp³-hybridized carbons (Fsp3) is 0.261. The zero-order valence-electron chi connectivity index (χ0n) is 17.3. The summed E-state index contributed by atoms with van der Waals surface area (Å²) >= 11 is 6.02. The van der Waals surface area contributed by atoms with Crippen LogP contribution in [0, 0.1) is 6.92 Å². The van der Waals surface area contributed by atoms with Gasteiger partial charge >= 0.3 is 0 Å². The van der Waals surface area contributed by atoms with E-state index in [2.05, 4.69) is 5.32 Å². The van der Waals surface area contributed by atoms with Crippen LogP contribution in [0.2, 0.25) is 5.02 Å². The van der Waals surface area contributed by atoms with E-state index in [0.717, 1.165) is 11.1 Å². The van der Waals surface area contributed by atoms with Crippen molar-refractivity contribution in [2.45, 2.75) is 26.5 Å². The van der Waals surface area contributed by atoms with Gasteiger partial charge in [0.05, 0.1) is 20.3 Å². The minimum Gasteiger partial charge on any atom is -0.497 e. The summed E-state index contributed by atoms with van der Waals surface area (Å²) in [7, 11) is 3.17. The molecule has 2 aromatic carbocycles. The zero-order chi connectivity index (χ0) is 21.7. The summed E-state index contributed by atoms with van der Waals surface area (Å²) in [5.74, 6) is 2.44. The third kappa shape index (κ3) is 5.07. The number of carbonyl (C=O) groups is 1. The Morgan fingerprint density at radius 2 is 1.83 bits per heavy atom. The fourth-order valence-electron chi connectivity index (χ4n) is 2.96. The molecule has 30 heavy (non-hydrogen) atoms. The van der Waals surface area contributed by atoms with E-state index in [1.807, 2.05) is 26.0 Å². The number of nitrogens with one attached hydrogen (secondary N) is 1. The van der Waals surface area contributed by atoms with E-state index in [4.69, 9.17) is 30.2 Å². The number of hydrogen-bond donors (Lipinski definition) is 1. The van der Waals surface area contributed by atoms with Crippen molar-refractivity contribution in [2.24, 2.45) is 0 Å². The molecule has 0 aliphatic rings. The Hall–Kier alpha value is -3.12. The van der Waals surface area contributed by atoms with E-state index in [0.29, 0.717) is 28.0 Å². The average molecular weight is 430 g/mol. The molecular formula is C23H24ClNO5. The molecule has 1 N–H and O–H groups in total. The summed E-state index contributed by atoms with van der Waals surface area (Å²) in [6.07, 6.45) is 0. The minimum absolute atomic E-state index is 0.202. The molecule has 0 aliphatic heterocycles. The molecule has 6 nitrogen and oxygen atoms in total. The van der Waals surface area contributed by atoms with Crippen molar-refractivity contribution in [1.82, 2.24) is 5.32 Å². The third-order valence-electron chi connectivity index (χ3n) is 4.65. The van der Waals surface area contributed by atoms with Crippen molar-refractivity contribution in [1.29, 1.82) is 0 Å². The highest BCUT2D eigenvalue weighted by atomic mass is 35.5. The molecule has 1 atom stereocenters. The van der Waals surface area contributed by atoms with Crippen LogP contribution >= 0.6 is 11.6 Å². The first-order valence-corrected chi connectivity index (χ1v) is 9.79. The van der Waals surface area contributed by atoms with Crippen LogP contribution in [0.5, 0.6) is 17.2 Å². The topological polar surface area (TPSA) is 69.9 Å². The normalized spacial score (nSPS) is 11.6. The van der Waals surface area contributed by atoms with Crippen molar-refractivity contribution >= 4 is 17.5 Å². The van der Waals surface area contributed by atoms with Crippen LogP contribution in [0.3, 0.4) is 0 Å². The standard InChI is InChI=1S/C23H24ClNO5/c1-14-11-17(5-8-20(14)24)29-13-18-7-10-22(30-18)23(26)25-15(2)19-12-16(27-3)6-9-21(19)28-4/h5-12,15H,13H2,1-4H3,(H,25,26). The van der Waals surface area contributed by atoms with Gasteiger partial charge in [0.15, 0.2) is 5.76 Å². The summed E-state index contributed by atoms with van der Waals surface area (Å²) in [4.78, 5) is 12.6. The van der Waals surface area contributed by atoms with Gasteiger partial charge < -0.3 is 23.9 Å². The van der Waals surface area contributed by atoms with Crippen LogP contribution in [-0.4, -0.2) is 20.1 Å². The Bertz CT molecular complexity index is 1030. The second-order valence-electron chi connectivity index (χ2n) is 6.77. The molecule has 0 aliphatic carbocycles. The lowest BCUT2D eigenvalue weighted by atomic mass is 10.1. The number of ether oxygens (including phenoxy) is 3. The molecule has 0 saturated heterocycles. The van der Waals surface area contributed by atoms with Crippen molar-refractivity contribution in [3.63, 3.8) is 0 Å². The molecule has 158 valence electrons. The number of furan rings is 1. The number of carbonyl (C=O) groups excluding carboxylic acids is 1. The molecule has 1 amide bonds. The average Bonchev–Trinajstić information content (AvgIpc) is 3.23. The Morgan fingerprint density at radius 3 is 2.53 bits per heavy atom. The minimum atomic E-state index is -0.332. The van der Waals surface area contributed by atoms with Crippen molar-refractivity contribution in [2.75, 3.05) is 14.2 Å². The van der Waals surface area contributed by atoms with Crippen LogP contribution in [0.1, 0.15) is 40.4 Å². The molecule has 1 unspecified atom stereocenters. The second kappa shape index (κ2) is 9.59. The van der Waals surface area contributed by atoms with Crippen molar-refractivity contribution in [3.05, 3.63) is 76.2 Å². The highest BCUT2D eigenvalue weighted by Crippen LogP contribution is 2.29. The molecular weight excluding hydrogens is 406 g/mol. The lowest BCUT2D eigenvalue weighted by Crippen LogP contribution is -2.26. The van der Waals surface area contributed by atoms with Gasteiger partial charge in [-0.3, -0.25) is 4.79 Å². The Morgan fingerprint density at radius 1 is 1.07 bits per heavy atom. The Kier molecular flexibility index (Phi) is 6.90. The summed E-state index contributed by atoms with van der Waals surface area (Å²) in [5, 5.41) is 3.60. The molecule has 0 saturated carbocycles. The third-order valence-corrected chi connectivity index (χ3v) is 5.07. The molecule has 3 rings (SSSR count). The molecule has 1 aromatic heterocycles. The first-order chi connectivity index (χ1) is 14.4. The van der Waals surface area contributed by atoms with Crippen LogP contribution in [-0.2, 0) is 6.61 Å². The molecule has 0 radical (unpaired) electrons. The number of methoxy groups -OCH3 is 2. The maximum Gasteiger partial charge on any atom is 0.287 e. The summed E-state index contributed by atoms with van der Waals surface area (Å²) in [6.45, 7) is 3.97. The number of rotatable bonds is 8. The number of benzene rings is 2. The van der Waals surface area contributed by atoms with Crippen LogP contribution in [0.4, 0.5) is 0 Å². The monoisotopic (exact) mass is 429 g/mol. The van der Waals surface area contributed by atoms with E-state index in [9.17, 15) is 4.79 Å². The quantitative estimate of drug-likeness (QED) is 0.524. The van der Waals surface area contributed by atoms with Crippen molar-refractivity contribution < 1.29 is 23.4 Å². The van der Waals surface area contributed by atoms with E-state index in [1.54, 1.807) is 50.6 Å². The molecule has 0 spiro atoms. The Labute approximate surface area is 180 Å². The predicted molar refractivity (Wildman–Crippen MR) is 115 cm³/mol. The van der Waals surface area contributed by atoms with E-state index in [-0.39, 0.29) is 24.3 Å². The van der Waals surface area contributed by atoms with Gasteiger partial charge in [-0.1, -0.05) is 11.6 Å². The van der Waals surface area contributed by atoms with Gasteiger partial charge in [0.25, 0.3) is 5.91 Å². The fourth-order valence-corrected chi connectivity index (χ4v) is 3.08. The number of aryl methyl sites for hydroxylation is 1. The highest BCUT2D eigenvalue weighted by Gasteiger charge is 2.18. The van der Waals surface area contributed by atoms with Gasteiger partial charge in [-0.15, -0.1) is 0 Å². The Balaban J connectivity index is 1.64. The lowest BCUT2D eigenvalue weighted by molar-refractivity contribution is 0.0907. The molecule has 3 aromatic rings. The van der Waals surface area contributed by atoms with Crippen LogP contribution in [0.25, 0.3) is 0 Å². The first kappa shape index (κ1) is 21.6. The number of halogens is 1. The predicted octanol–water partition coefficient (Wildman–Crippen LogP) is 5.33. The molecule has 0 fully saturated rings. The number of amides is 1. The van der Waals surface area contributed by atoms with Gasteiger partial charge in [-0.25, -0.2) is 0 Å². The van der Waals surface area contributed by atoms with E-state index in [1.165, 1.54) is 0 Å². The second-order valence-corrected chi connectivity index (χ2v) is 7.18. The van der Waals surface area contributed by atoms with Gasteiger partial charge in [0, 0.05) is 10.6 Å². The highest BCUT2D eigenvalue weighted by molar-refractivity contribution is 6.31. The SMILES string of the molecule is COc1ccc(OC)c(C(C)NC(=O)c2ccc(COc3ccc(Cl)c(C)c3)o2)c1. The maximum atomic E-state index is 12.6. The smallest absolute Gasteiger partial charge is 0.287 e. The van der Waals surface area contributed by atoms with Gasteiger partial charge in [0.2, 0.25) is 0 Å². The van der Waals surface area contributed by atoms with E-state index < -0.39 is 0 Å². The largest absolute Gasteiger partial charge is 0.497 e. The molecule has 1 heterocycles. The van der Waals surface area contributed by atoms with Crippen molar-refractivity contribution in [3.8, 4) is 17.2 Å². The number of hydrogen-bond acceptors (Lipinski definition) is 5. The summed E-state index contributed by atoms with van der Waals surface area (Å²) in [6, 6.07) is 13.9. The first-order valence-electron chi connectivity index (χ1n) is 9.41. The van der Waals surface area contributed by atoms with Crippen LogP contribution < -0.4 is 19.5 Å². The van der Waals surface area contributed by atoms with Gasteiger partial charge in [0.1, 0.15) is 29.6 Å².